The number of hydrogen-bond donors (Lipinski definition) is 1. The number of rotatable bonds is 3. The van der Waals surface area contributed by atoms with E-state index in [1.165, 1.54) is 0 Å². The largest absolute Gasteiger partial charge is 0.396 e. The van der Waals surface area contributed by atoms with E-state index < -0.39 is 0 Å². The van der Waals surface area contributed by atoms with Crippen molar-refractivity contribution in [1.82, 2.24) is 0 Å². The van der Waals surface area contributed by atoms with Crippen LogP contribution >= 0.6 is 23.2 Å². The smallest absolute Gasteiger partial charge is 0.0452 e. The standard InChI is InChI=1S/C9H10Cl2O/c10-8-4-3-7(2-1-5-12)9(11)6-8/h3-4,6,12H,1-2,5H2. The Labute approximate surface area is 81.9 Å². The van der Waals surface area contributed by atoms with E-state index >= 15 is 0 Å². The fourth-order valence-electron chi connectivity index (χ4n) is 0.994. The van der Waals surface area contributed by atoms with Crippen molar-refractivity contribution in [2.45, 2.75) is 12.8 Å². The van der Waals surface area contributed by atoms with Crippen LogP contribution in [0.5, 0.6) is 0 Å². The number of aliphatic hydroxyl groups excluding tert-OH is 1. The summed E-state index contributed by atoms with van der Waals surface area (Å²) in [4.78, 5) is 0. The van der Waals surface area contributed by atoms with E-state index in [4.69, 9.17) is 28.3 Å². The first-order valence-electron chi connectivity index (χ1n) is 3.79. The van der Waals surface area contributed by atoms with Crippen molar-refractivity contribution in [2.75, 3.05) is 6.61 Å². The van der Waals surface area contributed by atoms with Gasteiger partial charge < -0.3 is 5.11 Å². The molecule has 0 fully saturated rings. The van der Waals surface area contributed by atoms with Crippen LogP contribution in [0.1, 0.15) is 12.0 Å². The molecule has 0 unspecified atom stereocenters. The summed E-state index contributed by atoms with van der Waals surface area (Å²) >= 11 is 11.6. The molecule has 0 amide bonds. The maximum atomic E-state index is 8.60. The number of halogens is 2. The van der Waals surface area contributed by atoms with Gasteiger partial charge in [-0.1, -0.05) is 29.3 Å². The van der Waals surface area contributed by atoms with Crippen LogP contribution in [0.4, 0.5) is 0 Å². The van der Waals surface area contributed by atoms with Gasteiger partial charge in [0.25, 0.3) is 0 Å². The summed E-state index contributed by atoms with van der Waals surface area (Å²) in [6.07, 6.45) is 1.54. The van der Waals surface area contributed by atoms with Gasteiger partial charge in [0.05, 0.1) is 0 Å². The molecule has 0 spiro atoms. The van der Waals surface area contributed by atoms with Gasteiger partial charge in [0.2, 0.25) is 0 Å². The van der Waals surface area contributed by atoms with E-state index in [0.717, 1.165) is 18.4 Å². The van der Waals surface area contributed by atoms with Crippen molar-refractivity contribution < 1.29 is 5.11 Å². The Morgan fingerprint density at radius 3 is 2.58 bits per heavy atom. The van der Waals surface area contributed by atoms with Crippen LogP contribution in [-0.2, 0) is 6.42 Å². The predicted octanol–water partition coefficient (Wildman–Crippen LogP) is 2.92. The molecule has 66 valence electrons. The first-order valence-corrected chi connectivity index (χ1v) is 4.54. The molecule has 0 aliphatic heterocycles. The van der Waals surface area contributed by atoms with Gasteiger partial charge in [0.15, 0.2) is 0 Å². The molecule has 0 bridgehead atoms. The summed E-state index contributed by atoms with van der Waals surface area (Å²) in [6, 6.07) is 5.41. The molecular formula is C9H10Cl2O. The first kappa shape index (κ1) is 9.85. The van der Waals surface area contributed by atoms with Crippen LogP contribution in [0.15, 0.2) is 18.2 Å². The molecule has 1 N–H and O–H groups in total. The fourth-order valence-corrected chi connectivity index (χ4v) is 1.50. The van der Waals surface area contributed by atoms with Crippen molar-refractivity contribution in [1.29, 1.82) is 0 Å². The van der Waals surface area contributed by atoms with Gasteiger partial charge in [-0.05, 0) is 30.5 Å². The lowest BCUT2D eigenvalue weighted by Crippen LogP contribution is -1.90. The van der Waals surface area contributed by atoms with Crippen LogP contribution in [0.2, 0.25) is 10.0 Å². The Balaban J connectivity index is 2.72. The van der Waals surface area contributed by atoms with Crippen molar-refractivity contribution in [3.8, 4) is 0 Å². The van der Waals surface area contributed by atoms with Gasteiger partial charge in [0, 0.05) is 16.7 Å². The molecule has 0 aromatic heterocycles. The van der Waals surface area contributed by atoms with E-state index in [0.29, 0.717) is 10.0 Å². The van der Waals surface area contributed by atoms with Gasteiger partial charge >= 0.3 is 0 Å². The lowest BCUT2D eigenvalue weighted by molar-refractivity contribution is 0.288. The van der Waals surface area contributed by atoms with Gasteiger partial charge in [-0.25, -0.2) is 0 Å². The topological polar surface area (TPSA) is 20.2 Å². The zero-order chi connectivity index (χ0) is 8.97. The fraction of sp³-hybridized carbons (Fsp3) is 0.333. The van der Waals surface area contributed by atoms with Gasteiger partial charge in [0.1, 0.15) is 0 Å². The normalized spacial score (nSPS) is 10.2. The average molecular weight is 205 g/mol. The maximum absolute atomic E-state index is 8.60. The first-order chi connectivity index (χ1) is 5.74. The molecule has 0 aliphatic rings. The van der Waals surface area contributed by atoms with Crippen molar-refractivity contribution in [3.05, 3.63) is 33.8 Å². The quantitative estimate of drug-likeness (QED) is 0.804. The van der Waals surface area contributed by atoms with Crippen molar-refractivity contribution >= 4 is 23.2 Å². The molecule has 1 aromatic rings. The Kier molecular flexibility index (Phi) is 3.86. The van der Waals surface area contributed by atoms with E-state index in [2.05, 4.69) is 0 Å². The Bertz CT molecular complexity index is 261. The van der Waals surface area contributed by atoms with E-state index in [1.807, 2.05) is 6.07 Å². The second-order valence-electron chi connectivity index (χ2n) is 2.56. The van der Waals surface area contributed by atoms with Crippen LogP contribution in [0, 0.1) is 0 Å². The molecule has 1 aromatic carbocycles. The molecule has 0 saturated heterocycles. The minimum Gasteiger partial charge on any atom is -0.396 e. The summed E-state index contributed by atoms with van der Waals surface area (Å²) in [5, 5.41) is 9.93. The molecular weight excluding hydrogens is 195 g/mol. The molecule has 12 heavy (non-hydrogen) atoms. The Hall–Kier alpha value is -0.240. The second kappa shape index (κ2) is 4.70. The number of benzene rings is 1. The van der Waals surface area contributed by atoms with Crippen LogP contribution in [-0.4, -0.2) is 11.7 Å². The zero-order valence-electron chi connectivity index (χ0n) is 6.56. The Morgan fingerprint density at radius 2 is 2.00 bits per heavy atom. The minimum absolute atomic E-state index is 0.193. The lowest BCUT2D eigenvalue weighted by Gasteiger charge is -2.02. The molecule has 1 nitrogen and oxygen atoms in total. The number of hydrogen-bond acceptors (Lipinski definition) is 1. The molecule has 1 rings (SSSR count). The highest BCUT2D eigenvalue weighted by Crippen LogP contribution is 2.21. The van der Waals surface area contributed by atoms with Crippen LogP contribution in [0.25, 0.3) is 0 Å². The maximum Gasteiger partial charge on any atom is 0.0452 e. The molecule has 0 aliphatic carbocycles. The van der Waals surface area contributed by atoms with Crippen molar-refractivity contribution in [2.24, 2.45) is 0 Å². The van der Waals surface area contributed by atoms with E-state index in [1.54, 1.807) is 12.1 Å². The predicted molar refractivity (Wildman–Crippen MR) is 51.9 cm³/mol. The van der Waals surface area contributed by atoms with E-state index in [-0.39, 0.29) is 6.61 Å². The SMILES string of the molecule is OCCCc1ccc(Cl)cc1Cl. The van der Waals surface area contributed by atoms with E-state index in [9.17, 15) is 0 Å². The third kappa shape index (κ3) is 2.67. The number of aryl methyl sites for hydroxylation is 1. The summed E-state index contributed by atoms with van der Waals surface area (Å²) in [5.41, 5.74) is 1.04. The average Bonchev–Trinajstić information content (AvgIpc) is 2.03. The number of aliphatic hydroxyl groups is 1. The molecule has 0 heterocycles. The highest BCUT2D eigenvalue weighted by molar-refractivity contribution is 6.35. The van der Waals surface area contributed by atoms with Gasteiger partial charge in [-0.3, -0.25) is 0 Å². The summed E-state index contributed by atoms with van der Waals surface area (Å²) < 4.78 is 0. The molecule has 0 radical (unpaired) electrons. The van der Waals surface area contributed by atoms with Crippen molar-refractivity contribution in [3.63, 3.8) is 0 Å². The third-order valence-electron chi connectivity index (χ3n) is 1.62. The molecule has 3 heteroatoms. The third-order valence-corrected chi connectivity index (χ3v) is 2.21. The lowest BCUT2D eigenvalue weighted by atomic mass is 10.1. The summed E-state index contributed by atoms with van der Waals surface area (Å²) in [7, 11) is 0. The van der Waals surface area contributed by atoms with Crippen LogP contribution < -0.4 is 0 Å². The summed E-state index contributed by atoms with van der Waals surface area (Å²) in [6.45, 7) is 0.193. The van der Waals surface area contributed by atoms with Gasteiger partial charge in [-0.15, -0.1) is 0 Å². The highest BCUT2D eigenvalue weighted by Gasteiger charge is 1.99. The second-order valence-corrected chi connectivity index (χ2v) is 3.41. The van der Waals surface area contributed by atoms with Gasteiger partial charge in [-0.2, -0.15) is 0 Å². The minimum atomic E-state index is 0.193. The zero-order valence-corrected chi connectivity index (χ0v) is 8.07. The Morgan fingerprint density at radius 1 is 1.25 bits per heavy atom. The highest BCUT2D eigenvalue weighted by atomic mass is 35.5. The van der Waals surface area contributed by atoms with Crippen LogP contribution in [0.3, 0.4) is 0 Å². The monoisotopic (exact) mass is 204 g/mol. The summed E-state index contributed by atoms with van der Waals surface area (Å²) in [5.74, 6) is 0. The molecule has 0 saturated carbocycles. The molecule has 0 atom stereocenters.